The van der Waals surface area contributed by atoms with Gasteiger partial charge in [0.05, 0.1) is 3.79 Å². The van der Waals surface area contributed by atoms with Crippen LogP contribution >= 0.6 is 27.3 Å². The van der Waals surface area contributed by atoms with E-state index in [0.29, 0.717) is 4.21 Å². The number of halogens is 1. The third kappa shape index (κ3) is 4.31. The van der Waals surface area contributed by atoms with E-state index in [1.54, 1.807) is 12.1 Å². The molecule has 0 radical (unpaired) electrons. The molecule has 2 rings (SSSR count). The van der Waals surface area contributed by atoms with Crippen molar-refractivity contribution in [3.63, 3.8) is 0 Å². The molecule has 0 unspecified atom stereocenters. The predicted molar refractivity (Wildman–Crippen MR) is 83.9 cm³/mol. The molecule has 1 heterocycles. The van der Waals surface area contributed by atoms with Crippen molar-refractivity contribution in [3.05, 3.63) is 45.7 Å². The molecule has 0 atom stereocenters. The number of benzene rings is 1. The third-order valence-corrected chi connectivity index (χ3v) is 6.04. The lowest BCUT2D eigenvalue weighted by Crippen LogP contribution is -2.27. The maximum absolute atomic E-state index is 11.9. The number of rotatable bonds is 6. The van der Waals surface area contributed by atoms with Crippen molar-refractivity contribution in [3.8, 4) is 5.75 Å². The van der Waals surface area contributed by atoms with E-state index >= 15 is 0 Å². The molecule has 20 heavy (non-hydrogen) atoms. The van der Waals surface area contributed by atoms with E-state index in [9.17, 15) is 8.42 Å². The van der Waals surface area contributed by atoms with E-state index in [4.69, 9.17) is 4.74 Å². The number of nitrogens with one attached hydrogen (secondary N) is 1. The van der Waals surface area contributed by atoms with Crippen LogP contribution in [0, 0.1) is 6.92 Å². The molecule has 0 fully saturated rings. The first kappa shape index (κ1) is 15.5. The monoisotopic (exact) mass is 375 g/mol. The number of sulfonamides is 1. The van der Waals surface area contributed by atoms with E-state index in [-0.39, 0.29) is 13.2 Å². The van der Waals surface area contributed by atoms with Crippen LogP contribution in [0.4, 0.5) is 0 Å². The minimum Gasteiger partial charge on any atom is -0.492 e. The van der Waals surface area contributed by atoms with E-state index in [2.05, 4.69) is 20.7 Å². The Hall–Kier alpha value is -0.890. The minimum absolute atomic E-state index is 0.228. The van der Waals surface area contributed by atoms with Gasteiger partial charge in [0.2, 0.25) is 10.0 Å². The first-order chi connectivity index (χ1) is 9.47. The first-order valence-corrected chi connectivity index (χ1v) is 9.01. The average molecular weight is 376 g/mol. The highest BCUT2D eigenvalue weighted by molar-refractivity contribution is 9.11. The fourth-order valence-electron chi connectivity index (χ4n) is 1.56. The van der Waals surface area contributed by atoms with Crippen molar-refractivity contribution >= 4 is 37.3 Å². The summed E-state index contributed by atoms with van der Waals surface area (Å²) in [5.41, 5.74) is 1.10. The topological polar surface area (TPSA) is 55.4 Å². The summed E-state index contributed by atoms with van der Waals surface area (Å²) in [5, 5.41) is 0. The number of ether oxygens (including phenoxy) is 1. The number of hydrogen-bond donors (Lipinski definition) is 1. The summed E-state index contributed by atoms with van der Waals surface area (Å²) in [7, 11) is -3.44. The second-order valence-electron chi connectivity index (χ2n) is 4.12. The summed E-state index contributed by atoms with van der Waals surface area (Å²) < 4.78 is 32.9. The van der Waals surface area contributed by atoms with Crippen molar-refractivity contribution in [1.82, 2.24) is 4.72 Å². The zero-order chi connectivity index (χ0) is 14.6. The van der Waals surface area contributed by atoms with E-state index in [1.807, 2.05) is 31.2 Å². The van der Waals surface area contributed by atoms with Crippen molar-refractivity contribution < 1.29 is 13.2 Å². The molecule has 1 aromatic heterocycles. The van der Waals surface area contributed by atoms with Gasteiger partial charge in [-0.3, -0.25) is 0 Å². The smallest absolute Gasteiger partial charge is 0.250 e. The summed E-state index contributed by atoms with van der Waals surface area (Å²) in [6.45, 7) is 2.49. The van der Waals surface area contributed by atoms with E-state index in [1.165, 1.54) is 11.3 Å². The maximum Gasteiger partial charge on any atom is 0.250 e. The molecule has 1 N–H and O–H groups in total. The third-order valence-electron chi connectivity index (χ3n) is 2.47. The van der Waals surface area contributed by atoms with Gasteiger partial charge in [0.25, 0.3) is 0 Å². The van der Waals surface area contributed by atoms with Gasteiger partial charge in [-0.05, 0) is 52.7 Å². The molecule has 0 saturated heterocycles. The van der Waals surface area contributed by atoms with Crippen molar-refractivity contribution in [2.24, 2.45) is 0 Å². The summed E-state index contributed by atoms with van der Waals surface area (Å²) in [6, 6.07) is 10.9. The van der Waals surface area contributed by atoms with Crippen LogP contribution in [0.15, 0.2) is 44.4 Å². The molecular weight excluding hydrogens is 362 g/mol. The zero-order valence-corrected chi connectivity index (χ0v) is 14.0. The van der Waals surface area contributed by atoms with Crippen LogP contribution in [-0.4, -0.2) is 21.6 Å². The molecule has 0 aliphatic rings. The normalized spacial score (nSPS) is 11.5. The second-order valence-corrected chi connectivity index (χ2v) is 8.58. The average Bonchev–Trinajstić information content (AvgIpc) is 2.82. The number of aryl methyl sites for hydroxylation is 1. The standard InChI is InChI=1S/C13H14BrNO3S2/c1-10-3-2-4-11(9-10)18-8-7-15-20(16,17)13-6-5-12(14)19-13/h2-6,9,15H,7-8H2,1H3. The predicted octanol–water partition coefficient (Wildman–Crippen LogP) is 3.18. The Kier molecular flexibility index (Phi) is 5.20. The van der Waals surface area contributed by atoms with Gasteiger partial charge in [-0.25, -0.2) is 13.1 Å². The van der Waals surface area contributed by atoms with E-state index in [0.717, 1.165) is 15.1 Å². The van der Waals surface area contributed by atoms with Crippen LogP contribution in [0.5, 0.6) is 5.75 Å². The Morgan fingerprint density at radius 2 is 2.10 bits per heavy atom. The van der Waals surface area contributed by atoms with Crippen LogP contribution in [0.2, 0.25) is 0 Å². The Balaban J connectivity index is 1.84. The van der Waals surface area contributed by atoms with Gasteiger partial charge in [0.15, 0.2) is 0 Å². The van der Waals surface area contributed by atoms with Crippen LogP contribution in [0.25, 0.3) is 0 Å². The molecule has 0 spiro atoms. The second kappa shape index (κ2) is 6.71. The Bertz CT molecular complexity index is 682. The molecule has 0 aliphatic carbocycles. The Morgan fingerprint density at radius 3 is 2.75 bits per heavy atom. The zero-order valence-electron chi connectivity index (χ0n) is 10.8. The summed E-state index contributed by atoms with van der Waals surface area (Å²) in [6.07, 6.45) is 0. The van der Waals surface area contributed by atoms with Gasteiger partial charge in [0, 0.05) is 6.54 Å². The summed E-state index contributed by atoms with van der Waals surface area (Å²) in [4.78, 5) is 0. The molecular formula is C13H14BrNO3S2. The Labute approximate surface area is 131 Å². The number of hydrogen-bond acceptors (Lipinski definition) is 4. The number of thiophene rings is 1. The van der Waals surface area contributed by atoms with Gasteiger partial charge in [-0.15, -0.1) is 11.3 Å². The quantitative estimate of drug-likeness (QED) is 0.788. The molecule has 0 bridgehead atoms. The molecule has 0 amide bonds. The molecule has 7 heteroatoms. The maximum atomic E-state index is 11.9. The van der Waals surface area contributed by atoms with Crippen molar-refractivity contribution in [2.75, 3.05) is 13.2 Å². The highest BCUT2D eigenvalue weighted by Gasteiger charge is 2.15. The van der Waals surface area contributed by atoms with Crippen LogP contribution < -0.4 is 9.46 Å². The lowest BCUT2D eigenvalue weighted by atomic mass is 10.2. The summed E-state index contributed by atoms with van der Waals surface area (Å²) in [5.74, 6) is 0.739. The highest BCUT2D eigenvalue weighted by atomic mass is 79.9. The van der Waals surface area contributed by atoms with Crippen LogP contribution in [-0.2, 0) is 10.0 Å². The van der Waals surface area contributed by atoms with Crippen molar-refractivity contribution in [2.45, 2.75) is 11.1 Å². The fraction of sp³-hybridized carbons (Fsp3) is 0.231. The lowest BCUT2D eigenvalue weighted by molar-refractivity contribution is 0.322. The van der Waals surface area contributed by atoms with E-state index < -0.39 is 10.0 Å². The molecule has 0 aliphatic heterocycles. The van der Waals surface area contributed by atoms with Gasteiger partial charge in [0.1, 0.15) is 16.6 Å². The lowest BCUT2D eigenvalue weighted by Gasteiger charge is -2.08. The van der Waals surface area contributed by atoms with Gasteiger partial charge in [-0.2, -0.15) is 0 Å². The minimum atomic E-state index is -3.44. The summed E-state index contributed by atoms with van der Waals surface area (Å²) >= 11 is 4.42. The first-order valence-electron chi connectivity index (χ1n) is 5.92. The SMILES string of the molecule is Cc1cccc(OCCNS(=O)(=O)c2ccc(Br)s2)c1. The molecule has 1 aromatic carbocycles. The van der Waals surface area contributed by atoms with Crippen LogP contribution in [0.1, 0.15) is 5.56 Å². The van der Waals surface area contributed by atoms with Crippen LogP contribution in [0.3, 0.4) is 0 Å². The fourth-order valence-corrected chi connectivity index (χ4v) is 4.63. The molecule has 4 nitrogen and oxygen atoms in total. The molecule has 2 aromatic rings. The largest absolute Gasteiger partial charge is 0.492 e. The molecule has 108 valence electrons. The Morgan fingerprint density at radius 1 is 1.30 bits per heavy atom. The van der Waals surface area contributed by atoms with Gasteiger partial charge < -0.3 is 4.74 Å². The van der Waals surface area contributed by atoms with Gasteiger partial charge in [-0.1, -0.05) is 12.1 Å². The molecule has 0 saturated carbocycles. The van der Waals surface area contributed by atoms with Gasteiger partial charge >= 0.3 is 0 Å². The van der Waals surface area contributed by atoms with Crippen molar-refractivity contribution in [1.29, 1.82) is 0 Å². The highest BCUT2D eigenvalue weighted by Crippen LogP contribution is 2.25.